The van der Waals surface area contributed by atoms with E-state index in [1.165, 1.54) is 11.8 Å². The van der Waals surface area contributed by atoms with Gasteiger partial charge in [-0.2, -0.15) is 0 Å². The van der Waals surface area contributed by atoms with Crippen LogP contribution in [0.1, 0.15) is 18.3 Å². The van der Waals surface area contributed by atoms with Crippen molar-refractivity contribution in [3.63, 3.8) is 0 Å². The lowest BCUT2D eigenvalue weighted by atomic mass is 10.2. The molecule has 0 aliphatic heterocycles. The average molecular weight is 350 g/mol. The predicted octanol–water partition coefficient (Wildman–Crippen LogP) is 4.46. The lowest BCUT2D eigenvalue weighted by molar-refractivity contribution is -0.139. The Morgan fingerprint density at radius 3 is 2.60 bits per heavy atom. The minimum absolute atomic E-state index is 0.233. The highest BCUT2D eigenvalue weighted by molar-refractivity contribution is 8.00. The van der Waals surface area contributed by atoms with Crippen LogP contribution in [0.2, 0.25) is 0 Å². The normalized spacial score (nSPS) is 11.1. The topological polar surface area (TPSA) is 52.1 Å². The molecule has 0 amide bonds. The second-order valence-electron chi connectivity index (χ2n) is 5.24. The Labute approximate surface area is 151 Å². The summed E-state index contributed by atoms with van der Waals surface area (Å²) in [5.74, 6) is 0.613. The van der Waals surface area contributed by atoms with Gasteiger partial charge >= 0.3 is 5.97 Å². The molecule has 5 heteroatoms. The molecule has 3 aromatic rings. The standard InChI is InChI=1S/C20H18N2O2S/c1-2-24-19(23)14-25-20-16-10-6-7-11-17(16)21-18(22-20)13-12-15-8-4-3-5-9-15/h3-13H,2,14H2,1H3. The van der Waals surface area contributed by atoms with Crippen LogP contribution in [0.3, 0.4) is 0 Å². The van der Waals surface area contributed by atoms with E-state index in [9.17, 15) is 4.79 Å². The van der Waals surface area contributed by atoms with Crippen LogP contribution in [0.25, 0.3) is 23.1 Å². The van der Waals surface area contributed by atoms with E-state index in [-0.39, 0.29) is 11.7 Å². The Hall–Kier alpha value is -2.66. The summed E-state index contributed by atoms with van der Waals surface area (Å²) in [4.78, 5) is 20.8. The van der Waals surface area contributed by atoms with Gasteiger partial charge in [0.05, 0.1) is 17.9 Å². The van der Waals surface area contributed by atoms with Gasteiger partial charge in [-0.05, 0) is 24.6 Å². The van der Waals surface area contributed by atoms with Gasteiger partial charge in [0.1, 0.15) is 5.03 Å². The molecule has 4 nitrogen and oxygen atoms in total. The molecule has 0 N–H and O–H groups in total. The van der Waals surface area contributed by atoms with Crippen molar-refractivity contribution in [2.75, 3.05) is 12.4 Å². The smallest absolute Gasteiger partial charge is 0.316 e. The fourth-order valence-electron chi connectivity index (χ4n) is 2.31. The second-order valence-corrected chi connectivity index (χ2v) is 6.21. The molecule has 0 unspecified atom stereocenters. The molecule has 2 aromatic carbocycles. The van der Waals surface area contributed by atoms with Crippen LogP contribution >= 0.6 is 11.8 Å². The number of benzene rings is 2. The molecule has 1 aromatic heterocycles. The van der Waals surface area contributed by atoms with Crippen LogP contribution < -0.4 is 0 Å². The molecule has 1 heterocycles. The first kappa shape index (κ1) is 17.2. The van der Waals surface area contributed by atoms with E-state index in [0.717, 1.165) is 21.5 Å². The fraction of sp³-hybridized carbons (Fsp3) is 0.150. The number of fused-ring (bicyclic) bond motifs is 1. The molecule has 0 bridgehead atoms. The van der Waals surface area contributed by atoms with Gasteiger partial charge in [-0.15, -0.1) is 0 Å². The zero-order chi connectivity index (χ0) is 17.5. The minimum Gasteiger partial charge on any atom is -0.465 e. The number of rotatable bonds is 6. The molecular weight excluding hydrogens is 332 g/mol. The van der Waals surface area contributed by atoms with Crippen LogP contribution in [0, 0.1) is 0 Å². The Morgan fingerprint density at radius 2 is 1.80 bits per heavy atom. The number of esters is 1. The zero-order valence-electron chi connectivity index (χ0n) is 13.9. The highest BCUT2D eigenvalue weighted by Crippen LogP contribution is 2.25. The van der Waals surface area contributed by atoms with Gasteiger partial charge in [-0.3, -0.25) is 4.79 Å². The first-order chi connectivity index (χ1) is 12.3. The van der Waals surface area contributed by atoms with E-state index in [0.29, 0.717) is 12.4 Å². The predicted molar refractivity (Wildman–Crippen MR) is 102 cm³/mol. The highest BCUT2D eigenvalue weighted by Gasteiger charge is 2.10. The average Bonchev–Trinajstić information content (AvgIpc) is 2.65. The maximum absolute atomic E-state index is 11.6. The van der Waals surface area contributed by atoms with Crippen molar-refractivity contribution in [2.24, 2.45) is 0 Å². The van der Waals surface area contributed by atoms with Gasteiger partial charge in [0, 0.05) is 5.39 Å². The number of aromatic nitrogens is 2. The zero-order valence-corrected chi connectivity index (χ0v) is 14.7. The molecule has 0 aliphatic rings. The first-order valence-corrected chi connectivity index (χ1v) is 9.03. The Balaban J connectivity index is 1.89. The summed E-state index contributed by atoms with van der Waals surface area (Å²) in [5.41, 5.74) is 1.94. The number of carbonyl (C=O) groups excluding carboxylic acids is 1. The summed E-state index contributed by atoms with van der Waals surface area (Å²) >= 11 is 1.37. The van der Waals surface area contributed by atoms with E-state index in [1.54, 1.807) is 6.92 Å². The second kappa shape index (κ2) is 8.44. The molecule has 0 aliphatic carbocycles. The number of para-hydroxylation sites is 1. The molecule has 0 saturated heterocycles. The third-order valence-electron chi connectivity index (χ3n) is 3.44. The molecule has 0 atom stereocenters. The lowest BCUT2D eigenvalue weighted by Gasteiger charge is -2.06. The van der Waals surface area contributed by atoms with Crippen molar-refractivity contribution < 1.29 is 9.53 Å². The monoisotopic (exact) mass is 350 g/mol. The molecular formula is C20H18N2O2S. The summed E-state index contributed by atoms with van der Waals surface area (Å²) < 4.78 is 4.99. The van der Waals surface area contributed by atoms with Crippen LogP contribution in [0.15, 0.2) is 59.6 Å². The molecule has 0 saturated carbocycles. The highest BCUT2D eigenvalue weighted by atomic mass is 32.2. The van der Waals surface area contributed by atoms with E-state index in [2.05, 4.69) is 9.97 Å². The number of hydrogen-bond donors (Lipinski definition) is 0. The van der Waals surface area contributed by atoms with Crippen molar-refractivity contribution in [3.8, 4) is 0 Å². The Bertz CT molecular complexity index is 895. The van der Waals surface area contributed by atoms with Gasteiger partial charge < -0.3 is 4.74 Å². The van der Waals surface area contributed by atoms with Crippen molar-refractivity contribution in [1.82, 2.24) is 9.97 Å². The van der Waals surface area contributed by atoms with Gasteiger partial charge in [0.15, 0.2) is 5.82 Å². The van der Waals surface area contributed by atoms with Crippen molar-refractivity contribution in [1.29, 1.82) is 0 Å². The van der Waals surface area contributed by atoms with Crippen molar-refractivity contribution in [3.05, 3.63) is 66.0 Å². The SMILES string of the molecule is CCOC(=O)CSc1nc(C=Cc2ccccc2)nc2ccccc12. The maximum atomic E-state index is 11.6. The van der Waals surface area contributed by atoms with E-state index in [1.807, 2.05) is 66.7 Å². The molecule has 0 radical (unpaired) electrons. The van der Waals surface area contributed by atoms with E-state index >= 15 is 0 Å². The molecule has 3 rings (SSSR count). The number of carbonyl (C=O) groups is 1. The first-order valence-electron chi connectivity index (χ1n) is 8.04. The molecule has 25 heavy (non-hydrogen) atoms. The summed E-state index contributed by atoms with van der Waals surface area (Å²) in [6.45, 7) is 2.18. The summed E-state index contributed by atoms with van der Waals surface area (Å²) in [6.07, 6.45) is 3.86. The van der Waals surface area contributed by atoms with Gasteiger partial charge in [0.25, 0.3) is 0 Å². The number of hydrogen-bond acceptors (Lipinski definition) is 5. The van der Waals surface area contributed by atoms with Crippen molar-refractivity contribution in [2.45, 2.75) is 11.9 Å². The maximum Gasteiger partial charge on any atom is 0.316 e. The Kier molecular flexibility index (Phi) is 5.80. The van der Waals surface area contributed by atoms with Crippen LogP contribution in [0.4, 0.5) is 0 Å². The van der Waals surface area contributed by atoms with Crippen molar-refractivity contribution >= 4 is 40.8 Å². The summed E-state index contributed by atoms with van der Waals surface area (Å²) in [6, 6.07) is 17.8. The van der Waals surface area contributed by atoms with E-state index < -0.39 is 0 Å². The molecule has 0 spiro atoms. The molecule has 0 fully saturated rings. The van der Waals surface area contributed by atoms with E-state index in [4.69, 9.17) is 4.74 Å². The van der Waals surface area contributed by atoms with Gasteiger partial charge in [-0.25, -0.2) is 9.97 Å². The molecule has 126 valence electrons. The number of nitrogens with zero attached hydrogens (tertiary/aromatic N) is 2. The van der Waals surface area contributed by atoms with Crippen LogP contribution in [-0.2, 0) is 9.53 Å². The van der Waals surface area contributed by atoms with Gasteiger partial charge in [-0.1, -0.05) is 66.4 Å². The number of ether oxygens (including phenoxy) is 1. The fourth-order valence-corrected chi connectivity index (χ4v) is 3.14. The largest absolute Gasteiger partial charge is 0.465 e. The Morgan fingerprint density at radius 1 is 1.04 bits per heavy atom. The third-order valence-corrected chi connectivity index (χ3v) is 4.41. The van der Waals surface area contributed by atoms with Crippen LogP contribution in [-0.4, -0.2) is 28.3 Å². The minimum atomic E-state index is -0.239. The number of thioether (sulfide) groups is 1. The summed E-state index contributed by atoms with van der Waals surface area (Å²) in [5, 5.41) is 1.72. The van der Waals surface area contributed by atoms with Crippen LogP contribution in [0.5, 0.6) is 0 Å². The van der Waals surface area contributed by atoms with Gasteiger partial charge in [0.2, 0.25) is 0 Å². The third kappa shape index (κ3) is 4.67. The quantitative estimate of drug-likeness (QED) is 0.373. The summed E-state index contributed by atoms with van der Waals surface area (Å²) in [7, 11) is 0. The lowest BCUT2D eigenvalue weighted by Crippen LogP contribution is -2.07.